The molecule has 2 aromatic carbocycles. The van der Waals surface area contributed by atoms with Crippen molar-refractivity contribution in [3.63, 3.8) is 0 Å². The van der Waals surface area contributed by atoms with Gasteiger partial charge in [-0.3, -0.25) is 4.79 Å². The standard InChI is InChI=1S/C13H9ClO4S.K/c14-11-7-6-10(8-12(11)19(16,17)18)13(15)9-4-2-1-3-5-9;/h1-8H,(H,16,17,18);/q;+1/p-1. The Bertz CT molecular complexity index is 729. The van der Waals surface area contributed by atoms with E-state index in [4.69, 9.17) is 11.6 Å². The van der Waals surface area contributed by atoms with E-state index in [1.54, 1.807) is 30.3 Å². The molecule has 20 heavy (non-hydrogen) atoms. The quantitative estimate of drug-likeness (QED) is 0.430. The zero-order valence-corrected chi connectivity index (χ0v) is 15.2. The third kappa shape index (κ3) is 4.22. The van der Waals surface area contributed by atoms with Gasteiger partial charge in [0.2, 0.25) is 0 Å². The van der Waals surface area contributed by atoms with Crippen molar-refractivity contribution in [2.24, 2.45) is 0 Å². The third-order valence-corrected chi connectivity index (χ3v) is 3.82. The van der Waals surface area contributed by atoms with Gasteiger partial charge in [0.1, 0.15) is 10.1 Å². The van der Waals surface area contributed by atoms with Crippen molar-refractivity contribution in [2.75, 3.05) is 0 Å². The Hall–Kier alpha value is -0.0536. The summed E-state index contributed by atoms with van der Waals surface area (Å²) in [4.78, 5) is 11.5. The maximum absolute atomic E-state index is 12.1. The Balaban J connectivity index is 0.00000200. The van der Waals surface area contributed by atoms with Gasteiger partial charge in [-0.2, -0.15) is 0 Å². The summed E-state index contributed by atoms with van der Waals surface area (Å²) >= 11 is 5.64. The van der Waals surface area contributed by atoms with E-state index in [-0.39, 0.29) is 67.8 Å². The number of carbonyl (C=O) groups excluding carboxylic acids is 1. The molecule has 0 amide bonds. The van der Waals surface area contributed by atoms with Gasteiger partial charge in [-0.15, -0.1) is 0 Å². The average Bonchev–Trinajstić information content (AvgIpc) is 2.38. The Labute approximate surface area is 164 Å². The molecule has 0 fully saturated rings. The van der Waals surface area contributed by atoms with E-state index >= 15 is 0 Å². The fourth-order valence-corrected chi connectivity index (χ4v) is 2.57. The number of benzene rings is 2. The molecule has 0 saturated carbocycles. The molecule has 0 radical (unpaired) electrons. The molecule has 0 aliphatic carbocycles. The van der Waals surface area contributed by atoms with E-state index in [0.29, 0.717) is 5.56 Å². The van der Waals surface area contributed by atoms with Crippen molar-refractivity contribution in [1.82, 2.24) is 0 Å². The predicted octanol–water partition coefficient (Wildman–Crippen LogP) is -0.521. The molecule has 0 aromatic heterocycles. The number of hydrogen-bond acceptors (Lipinski definition) is 4. The SMILES string of the molecule is O=C(c1ccccc1)c1ccc(Cl)c(S(=O)(=O)[O-])c1.[K+]. The van der Waals surface area contributed by atoms with Gasteiger partial charge >= 0.3 is 51.4 Å². The second-order valence-corrected chi connectivity index (χ2v) is 5.55. The molecule has 4 nitrogen and oxygen atoms in total. The summed E-state index contributed by atoms with van der Waals surface area (Å²) < 4.78 is 33.0. The van der Waals surface area contributed by atoms with Gasteiger partial charge in [0.05, 0.1) is 9.92 Å². The van der Waals surface area contributed by atoms with Crippen LogP contribution in [0.25, 0.3) is 0 Å². The number of halogens is 1. The van der Waals surface area contributed by atoms with Crippen LogP contribution in [0.5, 0.6) is 0 Å². The van der Waals surface area contributed by atoms with Gasteiger partial charge in [0.15, 0.2) is 5.78 Å². The first-order chi connectivity index (χ1) is 8.89. The Kier molecular flexibility index (Phi) is 6.55. The Morgan fingerprint density at radius 3 is 2.15 bits per heavy atom. The van der Waals surface area contributed by atoms with Crippen LogP contribution in [0.15, 0.2) is 53.4 Å². The molecule has 0 spiro atoms. The first-order valence-electron chi connectivity index (χ1n) is 5.25. The topological polar surface area (TPSA) is 74.3 Å². The molecule has 0 heterocycles. The first kappa shape index (κ1) is 18.0. The summed E-state index contributed by atoms with van der Waals surface area (Å²) in [6.45, 7) is 0. The molecule has 0 aliphatic rings. The molecule has 0 unspecified atom stereocenters. The van der Waals surface area contributed by atoms with Crippen LogP contribution < -0.4 is 51.4 Å². The van der Waals surface area contributed by atoms with Crippen molar-refractivity contribution >= 4 is 27.5 Å². The van der Waals surface area contributed by atoms with Gasteiger partial charge in [-0.05, 0) is 18.2 Å². The van der Waals surface area contributed by atoms with Crippen LogP contribution in [0.2, 0.25) is 5.02 Å². The van der Waals surface area contributed by atoms with E-state index < -0.39 is 15.0 Å². The van der Waals surface area contributed by atoms with Crippen LogP contribution >= 0.6 is 11.6 Å². The number of carbonyl (C=O) groups is 1. The van der Waals surface area contributed by atoms with Crippen LogP contribution in [0, 0.1) is 0 Å². The van der Waals surface area contributed by atoms with Crippen molar-refractivity contribution in [3.8, 4) is 0 Å². The molecule has 98 valence electrons. The average molecular weight is 335 g/mol. The summed E-state index contributed by atoms with van der Waals surface area (Å²) in [6, 6.07) is 11.9. The zero-order valence-electron chi connectivity index (χ0n) is 10.5. The minimum atomic E-state index is -4.71. The van der Waals surface area contributed by atoms with E-state index in [0.717, 1.165) is 6.07 Å². The summed E-state index contributed by atoms with van der Waals surface area (Å²) in [5.74, 6) is -0.373. The first-order valence-corrected chi connectivity index (χ1v) is 7.03. The van der Waals surface area contributed by atoms with Crippen LogP contribution in [-0.4, -0.2) is 18.8 Å². The summed E-state index contributed by atoms with van der Waals surface area (Å²) in [6.07, 6.45) is 0. The molecule has 7 heteroatoms. The Morgan fingerprint density at radius 2 is 1.60 bits per heavy atom. The summed E-state index contributed by atoms with van der Waals surface area (Å²) in [5.41, 5.74) is 0.504. The summed E-state index contributed by atoms with van der Waals surface area (Å²) in [7, 11) is -4.71. The number of rotatable bonds is 3. The summed E-state index contributed by atoms with van der Waals surface area (Å²) in [5, 5.41) is -0.195. The van der Waals surface area contributed by atoms with Gasteiger partial charge in [-0.1, -0.05) is 41.9 Å². The molecule has 0 N–H and O–H groups in total. The van der Waals surface area contributed by atoms with Crippen LogP contribution in [0.1, 0.15) is 15.9 Å². The third-order valence-electron chi connectivity index (χ3n) is 2.50. The van der Waals surface area contributed by atoms with Crippen molar-refractivity contribution in [3.05, 3.63) is 64.7 Å². The fraction of sp³-hybridized carbons (Fsp3) is 0. The molecule has 0 atom stereocenters. The smallest absolute Gasteiger partial charge is 0.744 e. The van der Waals surface area contributed by atoms with E-state index in [1.165, 1.54) is 12.1 Å². The maximum Gasteiger partial charge on any atom is 1.00 e. The molecule has 2 aromatic rings. The van der Waals surface area contributed by atoms with Gasteiger partial charge in [0, 0.05) is 11.1 Å². The fourth-order valence-electron chi connectivity index (χ4n) is 1.59. The molecule has 0 bridgehead atoms. The van der Waals surface area contributed by atoms with E-state index in [2.05, 4.69) is 0 Å². The van der Waals surface area contributed by atoms with Gasteiger partial charge in [-0.25, -0.2) is 8.42 Å². The molecule has 2 rings (SSSR count). The largest absolute Gasteiger partial charge is 1.00 e. The molecule has 0 saturated heterocycles. The minimum Gasteiger partial charge on any atom is -0.744 e. The normalized spacial score (nSPS) is 10.7. The predicted molar refractivity (Wildman–Crippen MR) is 69.3 cm³/mol. The van der Waals surface area contributed by atoms with Crippen LogP contribution in [0.4, 0.5) is 0 Å². The van der Waals surface area contributed by atoms with Crippen LogP contribution in [0.3, 0.4) is 0 Å². The van der Waals surface area contributed by atoms with Crippen LogP contribution in [-0.2, 0) is 10.1 Å². The molecule has 0 aliphatic heterocycles. The second-order valence-electron chi connectivity index (χ2n) is 3.79. The number of hydrogen-bond donors (Lipinski definition) is 0. The Morgan fingerprint density at radius 1 is 1.00 bits per heavy atom. The van der Waals surface area contributed by atoms with Gasteiger partial charge in [0.25, 0.3) is 0 Å². The van der Waals surface area contributed by atoms with Crippen molar-refractivity contribution in [2.45, 2.75) is 4.90 Å². The minimum absolute atomic E-state index is 0. The van der Waals surface area contributed by atoms with Gasteiger partial charge < -0.3 is 4.55 Å². The second kappa shape index (κ2) is 7.28. The molecular weight excluding hydrogens is 327 g/mol. The van der Waals surface area contributed by atoms with Crippen molar-refractivity contribution in [1.29, 1.82) is 0 Å². The zero-order chi connectivity index (χ0) is 14.0. The van der Waals surface area contributed by atoms with E-state index in [1.807, 2.05) is 0 Å². The van der Waals surface area contributed by atoms with E-state index in [9.17, 15) is 17.8 Å². The maximum atomic E-state index is 12.1. The number of ketones is 1. The van der Waals surface area contributed by atoms with Crippen molar-refractivity contribution < 1.29 is 69.1 Å². The molecular formula is C13H8ClKO4S. The monoisotopic (exact) mass is 334 g/mol.